The molecule has 2 amide bonds. The molecule has 13 heteroatoms. The molecule has 11 nitrogen and oxygen atoms in total. The molecular formula is C29H25N5O6S2. The summed E-state index contributed by atoms with van der Waals surface area (Å²) in [5, 5.41) is 26.9. The first-order chi connectivity index (χ1) is 20.4. The molecule has 0 bridgehead atoms. The summed E-state index contributed by atoms with van der Waals surface area (Å²) in [4.78, 5) is 45.5. The average Bonchev–Trinajstić information content (AvgIpc) is 3.45. The molecule has 0 radical (unpaired) electrons. The molecule has 1 unspecified atom stereocenters. The maximum atomic E-state index is 13.9. The number of hydrogen-bond donors (Lipinski definition) is 4. The van der Waals surface area contributed by atoms with E-state index in [1.165, 1.54) is 22.0 Å². The first-order valence-electron chi connectivity index (χ1n) is 12.7. The van der Waals surface area contributed by atoms with E-state index >= 15 is 0 Å². The largest absolute Gasteiger partial charge is 0.451 e. The number of aliphatic hydroxyl groups excluding tert-OH is 1. The van der Waals surface area contributed by atoms with Gasteiger partial charge in [0.25, 0.3) is 5.91 Å². The zero-order valence-corrected chi connectivity index (χ0v) is 23.5. The fourth-order valence-corrected chi connectivity index (χ4v) is 6.26. The van der Waals surface area contributed by atoms with E-state index in [1.54, 1.807) is 5.41 Å². The number of nitrogen functional groups attached to an aromatic ring is 1. The van der Waals surface area contributed by atoms with Gasteiger partial charge in [0, 0.05) is 17.4 Å². The van der Waals surface area contributed by atoms with Gasteiger partial charge in [-0.3, -0.25) is 9.59 Å². The number of thioether (sulfide) groups is 1. The molecular weight excluding hydrogens is 578 g/mol. The number of oxime groups is 1. The fourth-order valence-electron chi connectivity index (χ4n) is 4.54. The van der Waals surface area contributed by atoms with Crippen molar-refractivity contribution in [3.05, 3.63) is 93.8 Å². The van der Waals surface area contributed by atoms with E-state index < -0.39 is 47.1 Å². The second-order valence-corrected chi connectivity index (χ2v) is 11.0. The highest BCUT2D eigenvalue weighted by Crippen LogP contribution is 2.41. The van der Waals surface area contributed by atoms with Crippen LogP contribution in [0.5, 0.6) is 0 Å². The predicted octanol–water partition coefficient (Wildman–Crippen LogP) is 2.27. The third kappa shape index (κ3) is 5.87. The highest BCUT2D eigenvalue weighted by Gasteiger charge is 2.56. The van der Waals surface area contributed by atoms with Crippen molar-refractivity contribution >= 4 is 51.7 Å². The topological polar surface area (TPSA) is 167 Å². The van der Waals surface area contributed by atoms with Crippen LogP contribution in [0.2, 0.25) is 0 Å². The van der Waals surface area contributed by atoms with E-state index in [4.69, 9.17) is 10.5 Å². The zero-order valence-electron chi connectivity index (χ0n) is 21.9. The number of hydrogen-bond acceptors (Lipinski definition) is 11. The summed E-state index contributed by atoms with van der Waals surface area (Å²) in [7, 11) is 0. The number of nitrogens with zero attached hydrogens (tertiary/aromatic N) is 3. The number of aliphatic hydroxyl groups is 1. The number of carbonyl (C=O) groups excluding carboxylic acids is 3. The van der Waals surface area contributed by atoms with Crippen LogP contribution in [0.3, 0.4) is 0 Å². The van der Waals surface area contributed by atoms with Gasteiger partial charge in [0.1, 0.15) is 17.1 Å². The zero-order chi connectivity index (χ0) is 29.6. The number of fused-ring (bicyclic) bond motifs is 1. The van der Waals surface area contributed by atoms with Crippen LogP contribution in [0.25, 0.3) is 0 Å². The number of ether oxygens (including phenoxy) is 1. The standard InChI is InChI=1S/C29H25N5O6S2/c30-29-31-20(16-42-29)21(33-39)25(36)32-22-26(37)34-23(19(13-7-8-14-35)15-41-27(22)34)28(38)40-24(17-9-3-1-4-10-17)18-11-5-2-6-12-18/h1-6,9-12,15-16,22-24,27,35,39H,8,14H2,(H2,30,31)(H,32,36)/b33-21-/t22-,23?,27-/m1/s1. The molecule has 2 aliphatic heterocycles. The first kappa shape index (κ1) is 28.9. The Bertz CT molecular complexity index is 1560. The van der Waals surface area contributed by atoms with Crippen LogP contribution in [0.1, 0.15) is 29.3 Å². The van der Waals surface area contributed by atoms with Crippen molar-refractivity contribution in [1.29, 1.82) is 0 Å². The summed E-state index contributed by atoms with van der Waals surface area (Å²) in [6, 6.07) is 16.3. The summed E-state index contributed by atoms with van der Waals surface area (Å²) in [6.45, 7) is -0.161. The fraction of sp³-hybridized carbons (Fsp3) is 0.207. The van der Waals surface area contributed by atoms with Crippen LogP contribution >= 0.6 is 23.1 Å². The van der Waals surface area contributed by atoms with E-state index in [1.807, 2.05) is 60.7 Å². The number of nitrogens with two attached hydrogens (primary N) is 1. The molecule has 0 aliphatic carbocycles. The highest BCUT2D eigenvalue weighted by molar-refractivity contribution is 8.03. The minimum atomic E-state index is -1.18. The van der Waals surface area contributed by atoms with Gasteiger partial charge in [-0.15, -0.1) is 23.1 Å². The molecule has 3 aromatic rings. The van der Waals surface area contributed by atoms with Gasteiger partial charge in [-0.25, -0.2) is 9.78 Å². The summed E-state index contributed by atoms with van der Waals surface area (Å²) in [6.07, 6.45) is -0.568. The quantitative estimate of drug-likeness (QED) is 0.0754. The number of rotatable bonds is 8. The molecule has 1 fully saturated rings. The Balaban J connectivity index is 1.41. The predicted molar refractivity (Wildman–Crippen MR) is 157 cm³/mol. The molecule has 3 atom stereocenters. The molecule has 5 rings (SSSR count). The van der Waals surface area contributed by atoms with Crippen LogP contribution in [0.4, 0.5) is 5.13 Å². The van der Waals surface area contributed by atoms with Gasteiger partial charge in [0.2, 0.25) is 5.91 Å². The van der Waals surface area contributed by atoms with Gasteiger partial charge in [0.15, 0.2) is 23.0 Å². The number of thiazole rings is 1. The lowest BCUT2D eigenvalue weighted by molar-refractivity contribution is -0.165. The molecule has 0 saturated carbocycles. The lowest BCUT2D eigenvalue weighted by Crippen LogP contribution is -2.74. The maximum absolute atomic E-state index is 13.9. The van der Waals surface area contributed by atoms with Gasteiger partial charge >= 0.3 is 5.97 Å². The van der Waals surface area contributed by atoms with Crippen molar-refractivity contribution in [1.82, 2.24) is 15.2 Å². The van der Waals surface area contributed by atoms with Crippen LogP contribution in [-0.2, 0) is 19.1 Å². The number of aromatic nitrogens is 1. The van der Waals surface area contributed by atoms with Crippen molar-refractivity contribution in [3.63, 3.8) is 0 Å². The number of anilines is 1. The number of amides is 2. The monoisotopic (exact) mass is 603 g/mol. The van der Waals surface area contributed by atoms with Crippen molar-refractivity contribution in [2.75, 3.05) is 12.3 Å². The van der Waals surface area contributed by atoms with E-state index in [0.29, 0.717) is 5.57 Å². The van der Waals surface area contributed by atoms with Gasteiger partial charge in [-0.1, -0.05) is 77.7 Å². The second kappa shape index (κ2) is 12.9. The van der Waals surface area contributed by atoms with Crippen molar-refractivity contribution in [2.24, 2.45) is 5.16 Å². The van der Waals surface area contributed by atoms with Gasteiger partial charge in [-0.05, 0) is 16.5 Å². The van der Waals surface area contributed by atoms with E-state index in [-0.39, 0.29) is 23.9 Å². The normalized spacial score (nSPS) is 19.6. The van der Waals surface area contributed by atoms with Crippen LogP contribution in [-0.4, -0.2) is 67.8 Å². The third-order valence-corrected chi connectivity index (χ3v) is 8.33. The third-order valence-electron chi connectivity index (χ3n) is 6.48. The summed E-state index contributed by atoms with van der Waals surface area (Å²) in [5.41, 5.74) is 7.12. The number of nitrogens with one attached hydrogen (secondary N) is 1. The highest BCUT2D eigenvalue weighted by atomic mass is 32.2. The van der Waals surface area contributed by atoms with Crippen molar-refractivity contribution in [2.45, 2.75) is 30.0 Å². The Morgan fingerprint density at radius 3 is 2.38 bits per heavy atom. The number of esters is 1. The number of β-lactam (4-membered cyclic amide) rings is 1. The molecule has 2 aliphatic rings. The molecule has 3 heterocycles. The van der Waals surface area contributed by atoms with Crippen molar-refractivity contribution < 1.29 is 29.4 Å². The van der Waals surface area contributed by atoms with Gasteiger partial charge < -0.3 is 31.0 Å². The number of benzene rings is 2. The van der Waals surface area contributed by atoms with Crippen molar-refractivity contribution in [3.8, 4) is 11.8 Å². The Kier molecular flexibility index (Phi) is 8.87. The molecule has 5 N–H and O–H groups in total. The SMILES string of the molecule is Nc1nc(/C(=N/O)C(=O)N[C@@H]2C(=O)N3C(C(=O)OC(c4ccccc4)c4ccccc4)C(C#CCCO)=CS[C@H]23)cs1. The molecule has 214 valence electrons. The second-order valence-electron chi connectivity index (χ2n) is 9.13. The Labute approximate surface area is 249 Å². The van der Waals surface area contributed by atoms with E-state index in [9.17, 15) is 24.7 Å². The molecule has 42 heavy (non-hydrogen) atoms. The Hall–Kier alpha value is -4.64. The minimum absolute atomic E-state index is 0.0630. The van der Waals surface area contributed by atoms with Crippen LogP contribution in [0.15, 0.2) is 82.2 Å². The Morgan fingerprint density at radius 2 is 1.81 bits per heavy atom. The van der Waals surface area contributed by atoms with Gasteiger partial charge in [0.05, 0.1) is 6.61 Å². The van der Waals surface area contributed by atoms with Gasteiger partial charge in [-0.2, -0.15) is 0 Å². The molecule has 2 aromatic carbocycles. The van der Waals surface area contributed by atoms with E-state index in [0.717, 1.165) is 22.5 Å². The average molecular weight is 604 g/mol. The summed E-state index contributed by atoms with van der Waals surface area (Å²) in [5.74, 6) is 3.64. The molecule has 1 aromatic heterocycles. The molecule has 0 spiro atoms. The lowest BCUT2D eigenvalue weighted by Gasteiger charge is -2.51. The smallest absolute Gasteiger partial charge is 0.335 e. The van der Waals surface area contributed by atoms with Crippen LogP contribution < -0.4 is 11.1 Å². The maximum Gasteiger partial charge on any atom is 0.335 e. The molecule has 1 saturated heterocycles. The minimum Gasteiger partial charge on any atom is -0.451 e. The summed E-state index contributed by atoms with van der Waals surface area (Å²) >= 11 is 2.27. The van der Waals surface area contributed by atoms with E-state index in [2.05, 4.69) is 27.3 Å². The number of carbonyl (C=O) groups is 3. The lowest BCUT2D eigenvalue weighted by atomic mass is 9.97. The first-order valence-corrected chi connectivity index (χ1v) is 14.6. The summed E-state index contributed by atoms with van der Waals surface area (Å²) < 4.78 is 6.07. The Morgan fingerprint density at radius 1 is 1.14 bits per heavy atom. The van der Waals surface area contributed by atoms with Crippen LogP contribution in [0, 0.1) is 11.8 Å².